The van der Waals surface area contributed by atoms with Crippen molar-refractivity contribution >= 4 is 18.3 Å². The van der Waals surface area contributed by atoms with Crippen molar-refractivity contribution in [2.45, 2.75) is 76.1 Å². The maximum atomic E-state index is 12.6. The topological polar surface area (TPSA) is 50.4 Å². The van der Waals surface area contributed by atoms with E-state index in [0.29, 0.717) is 24.4 Å². The molecule has 1 aliphatic carbocycles. The van der Waals surface area contributed by atoms with Crippen molar-refractivity contribution in [2.24, 2.45) is 5.92 Å². The first-order valence-corrected chi connectivity index (χ1v) is 9.70. The van der Waals surface area contributed by atoms with Crippen LogP contribution in [0.25, 0.3) is 0 Å². The Labute approximate surface area is 164 Å². The van der Waals surface area contributed by atoms with Gasteiger partial charge in [-0.25, -0.2) is 0 Å². The molecule has 0 saturated carbocycles. The van der Waals surface area contributed by atoms with Crippen molar-refractivity contribution in [3.05, 3.63) is 29.3 Å². The van der Waals surface area contributed by atoms with E-state index < -0.39 is 6.61 Å². The van der Waals surface area contributed by atoms with Crippen molar-refractivity contribution in [1.82, 2.24) is 10.6 Å². The van der Waals surface area contributed by atoms with Gasteiger partial charge in [-0.3, -0.25) is 4.79 Å². The summed E-state index contributed by atoms with van der Waals surface area (Å²) in [6, 6.07) is 6.24. The first-order chi connectivity index (χ1) is 12.6. The SMILES string of the molecule is Cl.O=C(CC1CC2CCC(C1)N2)NC1CCCc2cc(OC(F)F)ccc21. The van der Waals surface area contributed by atoms with Crippen LogP contribution in [0.3, 0.4) is 0 Å². The van der Waals surface area contributed by atoms with Crippen LogP contribution in [-0.2, 0) is 11.2 Å². The number of hydrogen-bond donors (Lipinski definition) is 2. The molecule has 3 atom stereocenters. The van der Waals surface area contributed by atoms with Crippen molar-refractivity contribution in [3.8, 4) is 5.75 Å². The molecule has 2 N–H and O–H groups in total. The molecule has 150 valence electrons. The molecule has 27 heavy (non-hydrogen) atoms. The minimum absolute atomic E-state index is 0. The first kappa shape index (κ1) is 20.3. The van der Waals surface area contributed by atoms with E-state index >= 15 is 0 Å². The Hall–Kier alpha value is -1.40. The van der Waals surface area contributed by atoms with Gasteiger partial charge in [0, 0.05) is 18.5 Å². The van der Waals surface area contributed by atoms with Gasteiger partial charge in [0.15, 0.2) is 0 Å². The zero-order valence-electron chi connectivity index (χ0n) is 15.3. The van der Waals surface area contributed by atoms with Crippen LogP contribution < -0.4 is 15.4 Å². The maximum absolute atomic E-state index is 12.6. The molecule has 4 nitrogen and oxygen atoms in total. The number of hydrogen-bond acceptors (Lipinski definition) is 3. The number of piperidine rings is 1. The smallest absolute Gasteiger partial charge is 0.387 e. The third kappa shape index (κ3) is 4.91. The molecule has 2 aliphatic heterocycles. The molecule has 2 heterocycles. The Balaban J connectivity index is 0.00000210. The number of carbonyl (C=O) groups excluding carboxylic acids is 1. The number of rotatable bonds is 5. The summed E-state index contributed by atoms with van der Waals surface area (Å²) >= 11 is 0. The number of fused-ring (bicyclic) bond motifs is 3. The van der Waals surface area contributed by atoms with Crippen LogP contribution in [0, 0.1) is 5.92 Å². The molecule has 4 rings (SSSR count). The number of aryl methyl sites for hydroxylation is 1. The van der Waals surface area contributed by atoms with Crippen LogP contribution in [0.5, 0.6) is 5.75 Å². The highest BCUT2D eigenvalue weighted by Crippen LogP contribution is 2.35. The molecule has 2 fully saturated rings. The predicted molar refractivity (Wildman–Crippen MR) is 101 cm³/mol. The lowest BCUT2D eigenvalue weighted by molar-refractivity contribution is -0.123. The number of benzene rings is 1. The summed E-state index contributed by atoms with van der Waals surface area (Å²) in [5.41, 5.74) is 2.04. The van der Waals surface area contributed by atoms with Crippen LogP contribution >= 0.6 is 12.4 Å². The summed E-state index contributed by atoms with van der Waals surface area (Å²) in [5.74, 6) is 0.775. The summed E-state index contributed by atoms with van der Waals surface area (Å²) in [6.07, 6.45) is 7.92. The lowest BCUT2D eigenvalue weighted by Crippen LogP contribution is -2.40. The van der Waals surface area contributed by atoms with Crippen molar-refractivity contribution < 1.29 is 18.3 Å². The van der Waals surface area contributed by atoms with E-state index in [1.54, 1.807) is 12.1 Å². The zero-order valence-corrected chi connectivity index (χ0v) is 16.1. The van der Waals surface area contributed by atoms with Gasteiger partial charge in [-0.1, -0.05) is 6.07 Å². The number of carbonyl (C=O) groups is 1. The Morgan fingerprint density at radius 1 is 1.22 bits per heavy atom. The average Bonchev–Trinajstić information content (AvgIpc) is 2.93. The predicted octanol–water partition coefficient (Wildman–Crippen LogP) is 4.12. The van der Waals surface area contributed by atoms with E-state index in [1.807, 2.05) is 6.07 Å². The molecule has 2 saturated heterocycles. The van der Waals surface area contributed by atoms with Crippen molar-refractivity contribution in [3.63, 3.8) is 0 Å². The highest BCUT2D eigenvalue weighted by molar-refractivity contribution is 5.85. The van der Waals surface area contributed by atoms with Crippen molar-refractivity contribution in [2.75, 3.05) is 0 Å². The standard InChI is InChI=1S/C20H26F2N2O2.ClH/c21-20(22)26-16-6-7-17-13(11-16)2-1-3-18(17)24-19(25)10-12-8-14-4-5-15(9-12)23-14;/h6-7,11-12,14-15,18,20,23H,1-5,8-10H2,(H,24,25);1H. The molecule has 0 radical (unpaired) electrons. The van der Waals surface area contributed by atoms with Gasteiger partial charge in [-0.15, -0.1) is 12.4 Å². The van der Waals surface area contributed by atoms with Gasteiger partial charge in [0.1, 0.15) is 5.75 Å². The van der Waals surface area contributed by atoms with Gasteiger partial charge < -0.3 is 15.4 Å². The lowest BCUT2D eigenvalue weighted by atomic mass is 9.86. The minimum Gasteiger partial charge on any atom is -0.435 e. The zero-order chi connectivity index (χ0) is 18.1. The van der Waals surface area contributed by atoms with Crippen LogP contribution in [0.2, 0.25) is 0 Å². The monoisotopic (exact) mass is 400 g/mol. The molecule has 3 unspecified atom stereocenters. The molecule has 0 spiro atoms. The quantitative estimate of drug-likeness (QED) is 0.781. The molecule has 1 amide bonds. The summed E-state index contributed by atoms with van der Waals surface area (Å²) in [4.78, 5) is 12.6. The molecule has 1 aromatic rings. The highest BCUT2D eigenvalue weighted by atomic mass is 35.5. The summed E-state index contributed by atoms with van der Waals surface area (Å²) < 4.78 is 29.3. The number of alkyl halides is 2. The van der Waals surface area contributed by atoms with E-state index in [2.05, 4.69) is 15.4 Å². The first-order valence-electron chi connectivity index (χ1n) is 9.70. The number of amides is 1. The van der Waals surface area contributed by atoms with Gasteiger partial charge in [0.05, 0.1) is 6.04 Å². The number of halogens is 3. The van der Waals surface area contributed by atoms with E-state index in [1.165, 1.54) is 12.8 Å². The fraction of sp³-hybridized carbons (Fsp3) is 0.650. The number of ether oxygens (including phenoxy) is 1. The second kappa shape index (κ2) is 8.74. The average molecular weight is 401 g/mol. The Morgan fingerprint density at radius 2 is 1.96 bits per heavy atom. The summed E-state index contributed by atoms with van der Waals surface area (Å²) in [7, 11) is 0. The van der Waals surface area contributed by atoms with Gasteiger partial charge >= 0.3 is 6.61 Å². The lowest BCUT2D eigenvalue weighted by Gasteiger charge is -2.30. The van der Waals surface area contributed by atoms with Crippen LogP contribution in [0.15, 0.2) is 18.2 Å². The molecule has 1 aromatic carbocycles. The Kier molecular flexibility index (Phi) is 6.58. The number of nitrogens with one attached hydrogen (secondary N) is 2. The second-order valence-corrected chi connectivity index (χ2v) is 7.93. The fourth-order valence-electron chi connectivity index (χ4n) is 4.97. The molecular formula is C20H27ClF2N2O2. The van der Waals surface area contributed by atoms with Crippen LogP contribution in [0.1, 0.15) is 62.1 Å². The van der Waals surface area contributed by atoms with E-state index in [0.717, 1.165) is 43.2 Å². The minimum atomic E-state index is -2.81. The molecular weight excluding hydrogens is 374 g/mol. The van der Waals surface area contributed by atoms with E-state index in [9.17, 15) is 13.6 Å². The summed E-state index contributed by atoms with van der Waals surface area (Å²) in [6.45, 7) is -2.81. The van der Waals surface area contributed by atoms with Gasteiger partial charge in [0.25, 0.3) is 0 Å². The third-order valence-electron chi connectivity index (χ3n) is 6.03. The summed E-state index contributed by atoms with van der Waals surface area (Å²) in [5, 5.41) is 6.79. The largest absolute Gasteiger partial charge is 0.435 e. The molecule has 2 bridgehead atoms. The highest BCUT2D eigenvalue weighted by Gasteiger charge is 2.34. The van der Waals surface area contributed by atoms with E-state index in [-0.39, 0.29) is 30.1 Å². The second-order valence-electron chi connectivity index (χ2n) is 7.93. The van der Waals surface area contributed by atoms with Crippen molar-refractivity contribution in [1.29, 1.82) is 0 Å². The van der Waals surface area contributed by atoms with Crippen LogP contribution in [-0.4, -0.2) is 24.6 Å². The van der Waals surface area contributed by atoms with Gasteiger partial charge in [-0.05, 0) is 74.1 Å². The normalized spacial score (nSPS) is 29.0. The Morgan fingerprint density at radius 3 is 2.67 bits per heavy atom. The third-order valence-corrected chi connectivity index (χ3v) is 6.03. The maximum Gasteiger partial charge on any atom is 0.387 e. The molecule has 3 aliphatic rings. The molecule has 7 heteroatoms. The van der Waals surface area contributed by atoms with Crippen LogP contribution in [0.4, 0.5) is 8.78 Å². The Bertz CT molecular complexity index is 661. The van der Waals surface area contributed by atoms with Gasteiger partial charge in [-0.2, -0.15) is 8.78 Å². The van der Waals surface area contributed by atoms with Gasteiger partial charge in [0.2, 0.25) is 5.91 Å². The van der Waals surface area contributed by atoms with E-state index in [4.69, 9.17) is 0 Å². The molecule has 0 aromatic heterocycles. The fourth-order valence-corrected chi connectivity index (χ4v) is 4.97.